The maximum atomic E-state index is 12.1. The number of likely N-dealkylation sites (N-methyl/N-ethyl adjacent to an activating group) is 1. The van der Waals surface area contributed by atoms with E-state index < -0.39 is 18.3 Å². The summed E-state index contributed by atoms with van der Waals surface area (Å²) in [5.41, 5.74) is 0.943. The third-order valence-electron chi connectivity index (χ3n) is 4.85. The molecule has 140 valence electrons. The standard InChI is InChI=1S/C16H22N6O4/c1-7-8(2)15(26-10(7)14(23)18-4)22-6-19-9-11(17-3)20-12(16(24)25-5)21-13(9)22/h6-8,10,15H,1-5H3,(H,18,23)(H,17,20,21)/t7-,8+,10-,15?/m0/s1. The zero-order chi connectivity index (χ0) is 19.0. The van der Waals surface area contributed by atoms with Gasteiger partial charge in [-0.25, -0.2) is 19.7 Å². The third-order valence-corrected chi connectivity index (χ3v) is 4.85. The fraction of sp³-hybridized carbons (Fsp3) is 0.562. The number of imidazole rings is 1. The number of anilines is 1. The highest BCUT2D eigenvalue weighted by Crippen LogP contribution is 2.40. The van der Waals surface area contributed by atoms with Crippen LogP contribution in [0.25, 0.3) is 11.2 Å². The maximum Gasteiger partial charge on any atom is 0.376 e. The number of amides is 1. The zero-order valence-corrected chi connectivity index (χ0v) is 15.3. The zero-order valence-electron chi connectivity index (χ0n) is 15.3. The number of hydrogen-bond donors (Lipinski definition) is 2. The lowest BCUT2D eigenvalue weighted by Gasteiger charge is -2.18. The van der Waals surface area contributed by atoms with E-state index in [0.717, 1.165) is 0 Å². The molecule has 1 amide bonds. The highest BCUT2D eigenvalue weighted by atomic mass is 16.5. The summed E-state index contributed by atoms with van der Waals surface area (Å²) in [7, 11) is 4.53. The van der Waals surface area contributed by atoms with Crippen LogP contribution in [0.3, 0.4) is 0 Å². The molecule has 2 aromatic heterocycles. The molecule has 1 aliphatic heterocycles. The minimum Gasteiger partial charge on any atom is -0.463 e. The van der Waals surface area contributed by atoms with E-state index in [1.807, 2.05) is 13.8 Å². The van der Waals surface area contributed by atoms with Gasteiger partial charge >= 0.3 is 5.97 Å². The van der Waals surface area contributed by atoms with E-state index in [9.17, 15) is 9.59 Å². The summed E-state index contributed by atoms with van der Waals surface area (Å²) in [6, 6.07) is 0. The van der Waals surface area contributed by atoms with Crippen LogP contribution < -0.4 is 10.6 Å². The minimum atomic E-state index is -0.645. The molecule has 1 unspecified atom stereocenters. The second kappa shape index (κ2) is 6.87. The highest BCUT2D eigenvalue weighted by Gasteiger charge is 2.44. The number of aromatic nitrogens is 4. The second-order valence-electron chi connectivity index (χ2n) is 6.24. The Morgan fingerprint density at radius 2 is 1.96 bits per heavy atom. The van der Waals surface area contributed by atoms with Crippen molar-refractivity contribution in [2.75, 3.05) is 26.5 Å². The summed E-state index contributed by atoms with van der Waals surface area (Å²) in [6.07, 6.45) is 0.576. The lowest BCUT2D eigenvalue weighted by Crippen LogP contribution is -2.35. The van der Waals surface area contributed by atoms with E-state index in [0.29, 0.717) is 17.0 Å². The third kappa shape index (κ3) is 2.75. The van der Waals surface area contributed by atoms with Crippen molar-refractivity contribution in [3.8, 4) is 0 Å². The number of fused-ring (bicyclic) bond motifs is 1. The first-order valence-electron chi connectivity index (χ1n) is 8.30. The minimum absolute atomic E-state index is 0.00286. The Bertz CT molecular complexity index is 851. The fourth-order valence-electron chi connectivity index (χ4n) is 3.15. The topological polar surface area (TPSA) is 120 Å². The number of carbonyl (C=O) groups is 2. The molecule has 10 heteroatoms. The summed E-state index contributed by atoms with van der Waals surface area (Å²) < 4.78 is 12.5. The molecule has 0 bridgehead atoms. The van der Waals surface area contributed by atoms with Crippen molar-refractivity contribution >= 4 is 28.9 Å². The van der Waals surface area contributed by atoms with Gasteiger partial charge in [0.1, 0.15) is 12.3 Å². The van der Waals surface area contributed by atoms with Crippen molar-refractivity contribution in [3.63, 3.8) is 0 Å². The number of nitrogens with one attached hydrogen (secondary N) is 2. The summed E-state index contributed by atoms with van der Waals surface area (Å²) in [6.45, 7) is 3.98. The number of rotatable bonds is 4. The predicted molar refractivity (Wildman–Crippen MR) is 92.5 cm³/mol. The van der Waals surface area contributed by atoms with Crippen LogP contribution in [0.2, 0.25) is 0 Å². The Hall–Kier alpha value is -2.75. The van der Waals surface area contributed by atoms with Gasteiger partial charge in [-0.1, -0.05) is 13.8 Å². The van der Waals surface area contributed by atoms with Gasteiger partial charge in [-0.3, -0.25) is 9.36 Å². The highest BCUT2D eigenvalue weighted by molar-refractivity contribution is 5.91. The van der Waals surface area contributed by atoms with E-state index >= 15 is 0 Å². The number of carbonyl (C=O) groups excluding carboxylic acids is 2. The SMILES string of the molecule is CNC(=O)[C@H]1OC(n2cnc3c(NC)nc(C(=O)OC)nc32)[C@H](C)[C@@H]1C. The molecule has 2 N–H and O–H groups in total. The van der Waals surface area contributed by atoms with Gasteiger partial charge in [0.15, 0.2) is 17.0 Å². The number of ether oxygens (including phenoxy) is 2. The van der Waals surface area contributed by atoms with Gasteiger partial charge < -0.3 is 20.1 Å². The molecule has 26 heavy (non-hydrogen) atoms. The molecular weight excluding hydrogens is 340 g/mol. The molecule has 1 aliphatic rings. The summed E-state index contributed by atoms with van der Waals surface area (Å²) >= 11 is 0. The molecule has 3 heterocycles. The Balaban J connectivity index is 2.08. The van der Waals surface area contributed by atoms with E-state index in [1.165, 1.54) is 7.11 Å². The van der Waals surface area contributed by atoms with Gasteiger partial charge in [-0.15, -0.1) is 0 Å². The van der Waals surface area contributed by atoms with Gasteiger partial charge in [-0.05, 0) is 5.92 Å². The summed E-state index contributed by atoms with van der Waals surface area (Å²) in [5.74, 6) is -0.444. The molecule has 0 radical (unpaired) electrons. The van der Waals surface area contributed by atoms with Gasteiger partial charge in [0.05, 0.1) is 13.4 Å². The average molecular weight is 362 g/mol. The Labute approximate surface area is 150 Å². The molecule has 0 aromatic carbocycles. The lowest BCUT2D eigenvalue weighted by atomic mass is 9.92. The first kappa shape index (κ1) is 18.1. The normalized spacial score (nSPS) is 25.3. The van der Waals surface area contributed by atoms with Crippen molar-refractivity contribution in [2.24, 2.45) is 11.8 Å². The largest absolute Gasteiger partial charge is 0.463 e. The monoisotopic (exact) mass is 362 g/mol. The molecule has 4 atom stereocenters. The van der Waals surface area contributed by atoms with Gasteiger partial charge in [0, 0.05) is 20.0 Å². The van der Waals surface area contributed by atoms with Crippen LogP contribution in [0.4, 0.5) is 5.82 Å². The van der Waals surface area contributed by atoms with E-state index in [2.05, 4.69) is 25.6 Å². The molecule has 1 fully saturated rings. The van der Waals surface area contributed by atoms with Crippen LogP contribution in [-0.2, 0) is 14.3 Å². The van der Waals surface area contributed by atoms with Crippen molar-refractivity contribution in [3.05, 3.63) is 12.2 Å². The molecule has 0 saturated carbocycles. The van der Waals surface area contributed by atoms with E-state index in [-0.39, 0.29) is 23.6 Å². The molecule has 0 aliphatic carbocycles. The first-order chi connectivity index (χ1) is 12.4. The number of methoxy groups -OCH3 is 1. The fourth-order valence-corrected chi connectivity index (χ4v) is 3.15. The van der Waals surface area contributed by atoms with E-state index in [1.54, 1.807) is 25.0 Å². The lowest BCUT2D eigenvalue weighted by molar-refractivity contribution is -0.135. The van der Waals surface area contributed by atoms with Crippen molar-refractivity contribution in [1.29, 1.82) is 0 Å². The van der Waals surface area contributed by atoms with Crippen LogP contribution >= 0.6 is 0 Å². The molecule has 1 saturated heterocycles. The summed E-state index contributed by atoms with van der Waals surface area (Å²) in [5, 5.41) is 5.53. The molecule has 2 aromatic rings. The van der Waals surface area contributed by atoms with Crippen molar-refractivity contribution in [1.82, 2.24) is 24.8 Å². The van der Waals surface area contributed by atoms with Crippen LogP contribution in [0.5, 0.6) is 0 Å². The Morgan fingerprint density at radius 1 is 1.23 bits per heavy atom. The van der Waals surface area contributed by atoms with Gasteiger partial charge in [0.2, 0.25) is 11.7 Å². The van der Waals surface area contributed by atoms with Crippen molar-refractivity contribution < 1.29 is 19.1 Å². The molecule has 10 nitrogen and oxygen atoms in total. The number of nitrogens with zero attached hydrogens (tertiary/aromatic N) is 4. The quantitative estimate of drug-likeness (QED) is 0.758. The van der Waals surface area contributed by atoms with Gasteiger partial charge in [0.25, 0.3) is 0 Å². The number of esters is 1. The Kier molecular flexibility index (Phi) is 4.77. The maximum absolute atomic E-state index is 12.1. The van der Waals surface area contributed by atoms with Crippen molar-refractivity contribution in [2.45, 2.75) is 26.2 Å². The summed E-state index contributed by atoms with van der Waals surface area (Å²) in [4.78, 5) is 36.8. The van der Waals surface area contributed by atoms with Crippen LogP contribution in [-0.4, -0.2) is 58.7 Å². The van der Waals surface area contributed by atoms with Crippen LogP contribution in [0.15, 0.2) is 6.33 Å². The van der Waals surface area contributed by atoms with Crippen LogP contribution in [0, 0.1) is 11.8 Å². The smallest absolute Gasteiger partial charge is 0.376 e. The average Bonchev–Trinajstić information content (AvgIpc) is 3.21. The first-order valence-corrected chi connectivity index (χ1v) is 8.30. The predicted octanol–water partition coefficient (Wildman–Crippen LogP) is 0.570. The molecular formula is C16H22N6O4. The number of hydrogen-bond acceptors (Lipinski definition) is 8. The Morgan fingerprint density at radius 3 is 2.58 bits per heavy atom. The molecule has 3 rings (SSSR count). The van der Waals surface area contributed by atoms with Crippen LogP contribution in [0.1, 0.15) is 30.7 Å². The molecule has 0 spiro atoms. The van der Waals surface area contributed by atoms with E-state index in [4.69, 9.17) is 9.47 Å². The second-order valence-corrected chi connectivity index (χ2v) is 6.24. The van der Waals surface area contributed by atoms with Gasteiger partial charge in [-0.2, -0.15) is 0 Å².